The number of phenolic OH excluding ortho intramolecular Hbond substituents is 2. The Morgan fingerprint density at radius 1 is 1.03 bits per heavy atom. The highest BCUT2D eigenvalue weighted by Crippen LogP contribution is 2.28. The lowest BCUT2D eigenvalue weighted by molar-refractivity contribution is -0.144. The molecular formula is C29H42O5. The van der Waals surface area contributed by atoms with Crippen molar-refractivity contribution in [2.75, 3.05) is 0 Å². The van der Waals surface area contributed by atoms with E-state index in [1.165, 1.54) is 13.0 Å². The van der Waals surface area contributed by atoms with Gasteiger partial charge >= 0.3 is 5.97 Å². The van der Waals surface area contributed by atoms with Crippen LogP contribution < -0.4 is 0 Å². The second-order valence-corrected chi connectivity index (χ2v) is 9.64. The third-order valence-corrected chi connectivity index (χ3v) is 5.81. The molecule has 2 N–H and O–H groups in total. The fourth-order valence-electron chi connectivity index (χ4n) is 3.77. The molecule has 1 aromatic carbocycles. The molecule has 0 aliphatic heterocycles. The molecule has 188 valence electrons. The van der Waals surface area contributed by atoms with E-state index in [4.69, 9.17) is 4.74 Å². The summed E-state index contributed by atoms with van der Waals surface area (Å²) in [6, 6.07) is 3.09. The topological polar surface area (TPSA) is 83.8 Å². The molecule has 5 nitrogen and oxygen atoms in total. The van der Waals surface area contributed by atoms with E-state index in [9.17, 15) is 19.8 Å². The van der Waals surface area contributed by atoms with E-state index in [0.717, 1.165) is 36.0 Å². The molecule has 0 aliphatic rings. The van der Waals surface area contributed by atoms with Gasteiger partial charge in [0.1, 0.15) is 23.4 Å². The quantitative estimate of drug-likeness (QED) is 0.186. The van der Waals surface area contributed by atoms with Crippen LogP contribution >= 0.6 is 0 Å². The first-order chi connectivity index (χ1) is 15.9. The Labute approximate surface area is 205 Å². The molecule has 0 amide bonds. The number of phenols is 2. The third-order valence-electron chi connectivity index (χ3n) is 5.81. The van der Waals surface area contributed by atoms with Gasteiger partial charge in [-0.3, -0.25) is 9.59 Å². The van der Waals surface area contributed by atoms with Gasteiger partial charge in [-0.1, -0.05) is 35.8 Å². The van der Waals surface area contributed by atoms with Crippen LogP contribution in [0.15, 0.2) is 47.1 Å². The number of aromatic hydroxyl groups is 2. The number of allylic oxidation sites excluding steroid dienone is 4. The van der Waals surface area contributed by atoms with E-state index in [1.807, 2.05) is 52.8 Å². The summed E-state index contributed by atoms with van der Waals surface area (Å²) in [6.45, 7) is 13.1. The van der Waals surface area contributed by atoms with Gasteiger partial charge in [0.15, 0.2) is 0 Å². The molecule has 0 radical (unpaired) electrons. The highest BCUT2D eigenvalue weighted by Gasteiger charge is 2.14. The number of Topliss-reactive ketones (excluding diaryl/α,β-unsaturated/α-hetero) is 1. The first-order valence-electron chi connectivity index (χ1n) is 12.1. The Balaban J connectivity index is 2.72. The van der Waals surface area contributed by atoms with Crippen molar-refractivity contribution in [3.63, 3.8) is 0 Å². The normalized spacial score (nSPS) is 13.9. The minimum absolute atomic E-state index is 0.0373. The maximum absolute atomic E-state index is 12.2. The molecular weight excluding hydrogens is 428 g/mol. The number of ether oxygens (including phenoxy) is 1. The standard InChI is InChI=1S/C29H42O5/c1-19(2)11-14-28(32)22(5)10-8-9-20(3)15-27(34-24(7)30)16-21(4)12-13-25-18-26(31)17-23(6)29(25)33/h11-12,15,17-18,22,27,31,33H,8-10,13-14,16H2,1-7H3/t22-,27+/m0/s1. The summed E-state index contributed by atoms with van der Waals surface area (Å²) < 4.78 is 5.52. The molecule has 0 fully saturated rings. The van der Waals surface area contributed by atoms with Crippen LogP contribution in [0.3, 0.4) is 0 Å². The highest BCUT2D eigenvalue weighted by molar-refractivity contribution is 5.82. The van der Waals surface area contributed by atoms with Crippen molar-refractivity contribution in [1.82, 2.24) is 0 Å². The fourth-order valence-corrected chi connectivity index (χ4v) is 3.77. The second-order valence-electron chi connectivity index (χ2n) is 9.64. The number of rotatable bonds is 13. The van der Waals surface area contributed by atoms with Gasteiger partial charge in [-0.15, -0.1) is 0 Å². The van der Waals surface area contributed by atoms with E-state index in [0.29, 0.717) is 30.4 Å². The third kappa shape index (κ3) is 11.4. The Hall–Kier alpha value is -2.82. The SMILES string of the molecule is CC(=O)O[C@H](C=C(C)CCC[C@H](C)C(=O)CC=C(C)C)CC(C)=CCc1cc(O)cc(C)c1O. The molecule has 0 aliphatic carbocycles. The van der Waals surface area contributed by atoms with Gasteiger partial charge in [0, 0.05) is 31.2 Å². The molecule has 0 unspecified atom stereocenters. The summed E-state index contributed by atoms with van der Waals surface area (Å²) in [6.07, 6.45) is 9.69. The minimum atomic E-state index is -0.370. The number of aryl methyl sites for hydroxylation is 1. The zero-order valence-corrected chi connectivity index (χ0v) is 21.9. The van der Waals surface area contributed by atoms with Crippen LogP contribution in [0.1, 0.15) is 84.8 Å². The monoisotopic (exact) mass is 470 g/mol. The van der Waals surface area contributed by atoms with Gasteiger partial charge in [0.2, 0.25) is 0 Å². The number of hydrogen-bond acceptors (Lipinski definition) is 5. The van der Waals surface area contributed by atoms with E-state index >= 15 is 0 Å². The molecule has 0 heterocycles. The van der Waals surface area contributed by atoms with Crippen LogP contribution in [0.2, 0.25) is 0 Å². The summed E-state index contributed by atoms with van der Waals surface area (Å²) in [5.41, 5.74) is 4.60. The summed E-state index contributed by atoms with van der Waals surface area (Å²) in [7, 11) is 0. The average molecular weight is 471 g/mol. The van der Waals surface area contributed by atoms with Crippen molar-refractivity contribution < 1.29 is 24.5 Å². The van der Waals surface area contributed by atoms with Gasteiger partial charge in [-0.25, -0.2) is 0 Å². The van der Waals surface area contributed by atoms with Crippen LogP contribution in [0.5, 0.6) is 11.5 Å². The Kier molecular flexibility index (Phi) is 12.4. The first kappa shape index (κ1) is 29.2. The largest absolute Gasteiger partial charge is 0.508 e. The van der Waals surface area contributed by atoms with Gasteiger partial charge in [0.05, 0.1) is 0 Å². The van der Waals surface area contributed by atoms with Gasteiger partial charge in [-0.2, -0.15) is 0 Å². The number of benzene rings is 1. The van der Waals surface area contributed by atoms with Crippen LogP contribution in [0, 0.1) is 12.8 Å². The fraction of sp³-hybridized carbons (Fsp3) is 0.517. The molecule has 0 spiro atoms. The molecule has 0 saturated heterocycles. The van der Waals surface area contributed by atoms with Crippen molar-refractivity contribution in [3.05, 3.63) is 58.2 Å². The molecule has 1 rings (SSSR count). The van der Waals surface area contributed by atoms with Crippen molar-refractivity contribution in [3.8, 4) is 11.5 Å². The van der Waals surface area contributed by atoms with Crippen molar-refractivity contribution in [2.45, 2.75) is 93.1 Å². The molecule has 0 saturated carbocycles. The van der Waals surface area contributed by atoms with E-state index in [1.54, 1.807) is 13.0 Å². The number of ketones is 1. The summed E-state index contributed by atoms with van der Waals surface area (Å²) >= 11 is 0. The zero-order valence-electron chi connectivity index (χ0n) is 21.9. The number of esters is 1. The van der Waals surface area contributed by atoms with Crippen LogP contribution in [-0.4, -0.2) is 28.1 Å². The maximum Gasteiger partial charge on any atom is 0.303 e. The Morgan fingerprint density at radius 3 is 2.32 bits per heavy atom. The van der Waals surface area contributed by atoms with Crippen LogP contribution in [-0.2, 0) is 20.7 Å². The smallest absolute Gasteiger partial charge is 0.303 e. The van der Waals surface area contributed by atoms with Crippen molar-refractivity contribution in [2.24, 2.45) is 5.92 Å². The molecule has 5 heteroatoms. The lowest BCUT2D eigenvalue weighted by Gasteiger charge is -2.16. The van der Waals surface area contributed by atoms with Gasteiger partial charge in [-0.05, 0) is 84.1 Å². The Bertz CT molecular complexity index is 932. The minimum Gasteiger partial charge on any atom is -0.508 e. The van der Waals surface area contributed by atoms with Crippen molar-refractivity contribution >= 4 is 11.8 Å². The highest BCUT2D eigenvalue weighted by atomic mass is 16.5. The lowest BCUT2D eigenvalue weighted by atomic mass is 9.95. The van der Waals surface area contributed by atoms with Gasteiger partial charge in [0.25, 0.3) is 0 Å². The predicted octanol–water partition coefficient (Wildman–Crippen LogP) is 6.89. The maximum atomic E-state index is 12.2. The van der Waals surface area contributed by atoms with Gasteiger partial charge < -0.3 is 14.9 Å². The van der Waals surface area contributed by atoms with Crippen LogP contribution in [0.4, 0.5) is 0 Å². The molecule has 0 aromatic heterocycles. The molecule has 1 aromatic rings. The van der Waals surface area contributed by atoms with Crippen molar-refractivity contribution in [1.29, 1.82) is 0 Å². The Morgan fingerprint density at radius 2 is 1.71 bits per heavy atom. The summed E-state index contributed by atoms with van der Waals surface area (Å²) in [4.78, 5) is 23.8. The summed E-state index contributed by atoms with van der Waals surface area (Å²) in [5, 5.41) is 20.0. The van der Waals surface area contributed by atoms with Crippen LogP contribution in [0.25, 0.3) is 0 Å². The average Bonchev–Trinajstić information content (AvgIpc) is 2.72. The lowest BCUT2D eigenvalue weighted by Crippen LogP contribution is -2.15. The molecule has 2 atom stereocenters. The zero-order chi connectivity index (χ0) is 25.8. The molecule has 0 bridgehead atoms. The second kappa shape index (κ2) is 14.4. The van der Waals surface area contributed by atoms with E-state index in [2.05, 4.69) is 0 Å². The predicted molar refractivity (Wildman–Crippen MR) is 138 cm³/mol. The summed E-state index contributed by atoms with van der Waals surface area (Å²) in [5.74, 6) is 0.287. The number of carbonyl (C=O) groups excluding carboxylic acids is 2. The van der Waals surface area contributed by atoms with E-state index < -0.39 is 0 Å². The first-order valence-corrected chi connectivity index (χ1v) is 12.1. The molecule has 34 heavy (non-hydrogen) atoms. The number of hydrogen-bond donors (Lipinski definition) is 2. The van der Waals surface area contributed by atoms with E-state index in [-0.39, 0.29) is 35.3 Å². The number of carbonyl (C=O) groups is 2.